The van der Waals surface area contributed by atoms with E-state index in [9.17, 15) is 0 Å². The van der Waals surface area contributed by atoms with Gasteiger partial charge in [-0.05, 0) is 56.1 Å². The standard InChI is InChI=1S/C13H6Br2N4/c14-10-11(15)19-12-7(3-2-6-17-12)9-8(13(19)18-10)4-1-5-16-9/h1-6H. The van der Waals surface area contributed by atoms with Crippen LogP contribution in [-0.2, 0) is 0 Å². The van der Waals surface area contributed by atoms with E-state index >= 15 is 0 Å². The van der Waals surface area contributed by atoms with Crippen LogP contribution in [0.15, 0.2) is 45.9 Å². The topological polar surface area (TPSA) is 43.1 Å². The van der Waals surface area contributed by atoms with Crippen LogP contribution in [0.2, 0.25) is 0 Å². The van der Waals surface area contributed by atoms with Crippen molar-refractivity contribution in [3.8, 4) is 0 Å². The monoisotopic (exact) mass is 376 g/mol. The second-order valence-electron chi connectivity index (χ2n) is 4.13. The molecule has 4 aromatic heterocycles. The number of nitrogens with zero attached hydrogens (tertiary/aromatic N) is 4. The fraction of sp³-hybridized carbons (Fsp3) is 0. The van der Waals surface area contributed by atoms with Gasteiger partial charge in [-0.3, -0.25) is 9.38 Å². The zero-order valence-corrected chi connectivity index (χ0v) is 12.7. The molecule has 0 atom stereocenters. The Kier molecular flexibility index (Phi) is 2.37. The van der Waals surface area contributed by atoms with Crippen molar-refractivity contribution in [2.75, 3.05) is 0 Å². The third kappa shape index (κ3) is 1.47. The Bertz CT molecular complexity index is 945. The van der Waals surface area contributed by atoms with Crippen LogP contribution >= 0.6 is 31.9 Å². The van der Waals surface area contributed by atoms with Gasteiger partial charge in [0.05, 0.1) is 5.52 Å². The summed E-state index contributed by atoms with van der Waals surface area (Å²) >= 11 is 7.00. The average Bonchev–Trinajstić information content (AvgIpc) is 2.76. The molecule has 0 radical (unpaired) electrons. The van der Waals surface area contributed by atoms with E-state index in [2.05, 4.69) is 46.8 Å². The summed E-state index contributed by atoms with van der Waals surface area (Å²) in [7, 11) is 0. The Hall–Kier alpha value is -1.53. The quantitative estimate of drug-likeness (QED) is 0.435. The molecular weight excluding hydrogens is 372 g/mol. The third-order valence-electron chi connectivity index (χ3n) is 3.08. The highest BCUT2D eigenvalue weighted by molar-refractivity contribution is 9.13. The van der Waals surface area contributed by atoms with Crippen LogP contribution in [0.1, 0.15) is 0 Å². The van der Waals surface area contributed by atoms with Gasteiger partial charge in [0.15, 0.2) is 0 Å². The Morgan fingerprint density at radius 1 is 0.895 bits per heavy atom. The molecule has 0 saturated carbocycles. The van der Waals surface area contributed by atoms with E-state index < -0.39 is 0 Å². The fourth-order valence-electron chi connectivity index (χ4n) is 2.31. The van der Waals surface area contributed by atoms with Gasteiger partial charge in [0.2, 0.25) is 0 Å². The van der Waals surface area contributed by atoms with Crippen molar-refractivity contribution < 1.29 is 0 Å². The van der Waals surface area contributed by atoms with Crippen molar-refractivity contribution in [3.63, 3.8) is 0 Å². The maximum Gasteiger partial charge on any atom is 0.150 e. The molecule has 0 fully saturated rings. The molecule has 6 heteroatoms. The number of imidazole rings is 1. The van der Waals surface area contributed by atoms with Crippen LogP contribution < -0.4 is 0 Å². The number of rotatable bonds is 0. The molecule has 4 heterocycles. The smallest absolute Gasteiger partial charge is 0.150 e. The minimum Gasteiger partial charge on any atom is -0.269 e. The molecule has 4 rings (SSSR count). The first kappa shape index (κ1) is 11.3. The number of pyridine rings is 3. The summed E-state index contributed by atoms with van der Waals surface area (Å²) in [5.41, 5.74) is 2.60. The Morgan fingerprint density at radius 2 is 1.58 bits per heavy atom. The zero-order valence-electron chi connectivity index (χ0n) is 9.51. The van der Waals surface area contributed by atoms with Gasteiger partial charge in [0.25, 0.3) is 0 Å². The summed E-state index contributed by atoms with van der Waals surface area (Å²) < 4.78 is 3.61. The lowest BCUT2D eigenvalue weighted by atomic mass is 10.2. The van der Waals surface area contributed by atoms with E-state index in [0.717, 1.165) is 36.8 Å². The molecule has 0 aliphatic carbocycles. The van der Waals surface area contributed by atoms with Gasteiger partial charge in [-0.15, -0.1) is 0 Å². The third-order valence-corrected chi connectivity index (χ3v) is 4.90. The number of hydrogen-bond acceptors (Lipinski definition) is 3. The van der Waals surface area contributed by atoms with Crippen LogP contribution in [0.4, 0.5) is 0 Å². The summed E-state index contributed by atoms with van der Waals surface area (Å²) in [5, 5.41) is 2.02. The summed E-state index contributed by atoms with van der Waals surface area (Å²) in [6, 6.07) is 7.89. The normalized spacial score (nSPS) is 11.7. The van der Waals surface area contributed by atoms with E-state index in [-0.39, 0.29) is 0 Å². The maximum absolute atomic E-state index is 4.54. The lowest BCUT2D eigenvalue weighted by Crippen LogP contribution is -1.94. The number of fused-ring (bicyclic) bond motifs is 6. The first-order valence-electron chi connectivity index (χ1n) is 5.62. The SMILES string of the molecule is Brc1nc2c3cccnc3c3cccnc3n2c1Br. The van der Waals surface area contributed by atoms with Crippen molar-refractivity contribution in [2.45, 2.75) is 0 Å². The predicted molar refractivity (Wildman–Crippen MR) is 81.2 cm³/mol. The average molecular weight is 378 g/mol. The van der Waals surface area contributed by atoms with Crippen LogP contribution in [0.25, 0.3) is 27.6 Å². The van der Waals surface area contributed by atoms with Gasteiger partial charge in [-0.2, -0.15) is 0 Å². The second kappa shape index (κ2) is 3.98. The molecule has 0 aliphatic rings. The summed E-state index contributed by atoms with van der Waals surface area (Å²) in [5.74, 6) is 0. The number of halogens is 2. The highest BCUT2D eigenvalue weighted by atomic mass is 79.9. The molecule has 0 N–H and O–H groups in total. The Balaban J connectivity index is 2.47. The molecule has 0 spiro atoms. The van der Waals surface area contributed by atoms with E-state index in [1.165, 1.54) is 0 Å². The first-order chi connectivity index (χ1) is 9.27. The highest BCUT2D eigenvalue weighted by Crippen LogP contribution is 2.32. The molecule has 0 aliphatic heterocycles. The van der Waals surface area contributed by atoms with Crippen molar-refractivity contribution >= 4 is 59.4 Å². The van der Waals surface area contributed by atoms with Gasteiger partial charge in [-0.1, -0.05) is 0 Å². The second-order valence-corrected chi connectivity index (χ2v) is 5.63. The van der Waals surface area contributed by atoms with Crippen molar-refractivity contribution in [3.05, 3.63) is 45.9 Å². The minimum absolute atomic E-state index is 0.760. The number of aromatic nitrogens is 4. The molecule has 0 aromatic carbocycles. The van der Waals surface area contributed by atoms with Gasteiger partial charge in [0.1, 0.15) is 20.5 Å². The van der Waals surface area contributed by atoms with Crippen LogP contribution in [-0.4, -0.2) is 19.4 Å². The molecule has 0 bridgehead atoms. The lowest BCUT2D eigenvalue weighted by molar-refractivity contribution is 1.17. The van der Waals surface area contributed by atoms with Gasteiger partial charge in [0, 0.05) is 23.2 Å². The highest BCUT2D eigenvalue weighted by Gasteiger charge is 2.15. The van der Waals surface area contributed by atoms with Crippen molar-refractivity contribution in [2.24, 2.45) is 0 Å². The maximum atomic E-state index is 4.54. The van der Waals surface area contributed by atoms with Crippen molar-refractivity contribution in [1.82, 2.24) is 19.4 Å². The fourth-order valence-corrected chi connectivity index (χ4v) is 3.08. The molecule has 0 unspecified atom stereocenters. The summed E-state index contributed by atoms with van der Waals surface area (Å²) in [6.45, 7) is 0. The van der Waals surface area contributed by atoms with Crippen LogP contribution in [0.5, 0.6) is 0 Å². The summed E-state index contributed by atoms with van der Waals surface area (Å²) in [4.78, 5) is 13.5. The molecular formula is C13H6Br2N4. The molecule has 4 aromatic rings. The molecule has 0 saturated heterocycles. The lowest BCUT2D eigenvalue weighted by Gasteiger charge is -2.06. The Labute approximate surface area is 124 Å². The van der Waals surface area contributed by atoms with Gasteiger partial charge >= 0.3 is 0 Å². The first-order valence-corrected chi connectivity index (χ1v) is 7.21. The predicted octanol–water partition coefficient (Wildman–Crippen LogP) is 3.96. The summed E-state index contributed by atoms with van der Waals surface area (Å²) in [6.07, 6.45) is 3.56. The molecule has 19 heavy (non-hydrogen) atoms. The Morgan fingerprint density at radius 3 is 2.37 bits per heavy atom. The van der Waals surface area contributed by atoms with Gasteiger partial charge < -0.3 is 0 Å². The molecule has 0 amide bonds. The zero-order chi connectivity index (χ0) is 13.0. The van der Waals surface area contributed by atoms with E-state index in [4.69, 9.17) is 0 Å². The molecule has 4 nitrogen and oxygen atoms in total. The van der Waals surface area contributed by atoms with Crippen LogP contribution in [0, 0.1) is 0 Å². The molecule has 92 valence electrons. The number of hydrogen-bond donors (Lipinski definition) is 0. The largest absolute Gasteiger partial charge is 0.269 e. The van der Waals surface area contributed by atoms with E-state index in [0.29, 0.717) is 0 Å². The van der Waals surface area contributed by atoms with E-state index in [1.54, 1.807) is 12.4 Å². The minimum atomic E-state index is 0.760. The van der Waals surface area contributed by atoms with Crippen molar-refractivity contribution in [1.29, 1.82) is 0 Å². The van der Waals surface area contributed by atoms with E-state index in [1.807, 2.05) is 28.7 Å². The van der Waals surface area contributed by atoms with Crippen LogP contribution in [0.3, 0.4) is 0 Å². The van der Waals surface area contributed by atoms with Gasteiger partial charge in [-0.25, -0.2) is 9.97 Å².